The summed E-state index contributed by atoms with van der Waals surface area (Å²) in [7, 11) is 0. The van der Waals surface area contributed by atoms with Gasteiger partial charge in [-0.1, -0.05) is 25.2 Å². The highest BCUT2D eigenvalue weighted by molar-refractivity contribution is 7.15. The van der Waals surface area contributed by atoms with Crippen molar-refractivity contribution in [3.05, 3.63) is 22.5 Å². The number of anilines is 1. The average Bonchev–Trinajstić information content (AvgIpc) is 3.11. The second kappa shape index (κ2) is 5.49. The van der Waals surface area contributed by atoms with Crippen LogP contribution >= 0.6 is 11.3 Å². The van der Waals surface area contributed by atoms with Crippen LogP contribution in [0.5, 0.6) is 0 Å². The molecule has 0 bridgehead atoms. The molecule has 7 heteroatoms. The number of aliphatic hydroxyl groups is 1. The van der Waals surface area contributed by atoms with E-state index in [4.69, 9.17) is 0 Å². The summed E-state index contributed by atoms with van der Waals surface area (Å²) in [6.45, 7) is 6.54. The molecule has 3 heterocycles. The fourth-order valence-corrected chi connectivity index (χ4v) is 3.14. The van der Waals surface area contributed by atoms with Gasteiger partial charge in [0.25, 0.3) is 0 Å². The van der Waals surface area contributed by atoms with Gasteiger partial charge in [0, 0.05) is 6.54 Å². The van der Waals surface area contributed by atoms with Crippen LogP contribution in [0.3, 0.4) is 0 Å². The second-order valence-corrected chi connectivity index (χ2v) is 6.00. The number of rotatable bonds is 4. The van der Waals surface area contributed by atoms with Crippen molar-refractivity contribution in [2.24, 2.45) is 0 Å². The molecule has 1 N–H and O–H groups in total. The van der Waals surface area contributed by atoms with Gasteiger partial charge < -0.3 is 10.0 Å². The van der Waals surface area contributed by atoms with Crippen molar-refractivity contribution in [1.82, 2.24) is 20.0 Å². The number of fused-ring (bicyclic) bond motifs is 1. The summed E-state index contributed by atoms with van der Waals surface area (Å²) in [6, 6.07) is 2.00. The van der Waals surface area contributed by atoms with Crippen LogP contribution in [-0.2, 0) is 19.5 Å². The van der Waals surface area contributed by atoms with E-state index in [9.17, 15) is 5.11 Å². The lowest BCUT2D eigenvalue weighted by molar-refractivity contribution is 0.168. The van der Waals surface area contributed by atoms with Gasteiger partial charge in [0.2, 0.25) is 5.13 Å². The first-order valence-electron chi connectivity index (χ1n) is 7.03. The third kappa shape index (κ3) is 2.43. The zero-order chi connectivity index (χ0) is 14.1. The molecule has 20 heavy (non-hydrogen) atoms. The van der Waals surface area contributed by atoms with E-state index in [-0.39, 0.29) is 0 Å². The van der Waals surface area contributed by atoms with Crippen LogP contribution in [0.25, 0.3) is 0 Å². The molecule has 0 aliphatic carbocycles. The van der Waals surface area contributed by atoms with Crippen molar-refractivity contribution in [3.63, 3.8) is 0 Å². The topological polar surface area (TPSA) is 67.1 Å². The predicted molar refractivity (Wildman–Crippen MR) is 77.8 cm³/mol. The summed E-state index contributed by atoms with van der Waals surface area (Å²) >= 11 is 1.66. The highest BCUT2D eigenvalue weighted by Gasteiger charge is 2.22. The molecule has 108 valence electrons. The Labute approximate surface area is 122 Å². The summed E-state index contributed by atoms with van der Waals surface area (Å²) in [5.41, 5.74) is 1.91. The Hall–Kier alpha value is -1.47. The molecule has 0 amide bonds. The molecule has 0 fully saturated rings. The van der Waals surface area contributed by atoms with E-state index >= 15 is 0 Å². The molecule has 0 saturated carbocycles. The van der Waals surface area contributed by atoms with Crippen LogP contribution in [0, 0.1) is 0 Å². The van der Waals surface area contributed by atoms with E-state index in [2.05, 4.69) is 27.1 Å². The van der Waals surface area contributed by atoms with E-state index in [1.54, 1.807) is 11.3 Å². The average molecular weight is 293 g/mol. The molecule has 0 saturated heterocycles. The molecule has 2 aromatic heterocycles. The Morgan fingerprint density at radius 1 is 1.35 bits per heavy atom. The minimum absolute atomic E-state index is 0.463. The number of nitrogens with zero attached hydrogens (tertiary/aromatic N) is 5. The van der Waals surface area contributed by atoms with Crippen molar-refractivity contribution in [2.45, 2.75) is 45.9 Å². The van der Waals surface area contributed by atoms with Crippen LogP contribution in [0.15, 0.2) is 6.07 Å². The zero-order valence-electron chi connectivity index (χ0n) is 11.8. The first kappa shape index (κ1) is 13.5. The lowest BCUT2D eigenvalue weighted by atomic mass is 10.2. The third-order valence-electron chi connectivity index (χ3n) is 3.57. The lowest BCUT2D eigenvalue weighted by Gasteiger charge is -2.26. The Kier molecular flexibility index (Phi) is 3.71. The van der Waals surface area contributed by atoms with Crippen molar-refractivity contribution >= 4 is 16.5 Å². The van der Waals surface area contributed by atoms with Gasteiger partial charge in [-0.25, -0.2) is 0 Å². The quantitative estimate of drug-likeness (QED) is 0.930. The molecule has 1 atom stereocenters. The van der Waals surface area contributed by atoms with E-state index < -0.39 is 6.10 Å². The normalized spacial score (nSPS) is 16.2. The smallest absolute Gasteiger partial charge is 0.208 e. The number of hydrogen-bond donors (Lipinski definition) is 1. The van der Waals surface area contributed by atoms with Gasteiger partial charge in [-0.2, -0.15) is 5.10 Å². The minimum atomic E-state index is -0.463. The molecule has 1 aliphatic heterocycles. The van der Waals surface area contributed by atoms with Gasteiger partial charge >= 0.3 is 0 Å². The van der Waals surface area contributed by atoms with Gasteiger partial charge in [0.05, 0.1) is 30.6 Å². The third-order valence-corrected chi connectivity index (χ3v) is 4.70. The molecule has 0 spiro atoms. The molecule has 2 aromatic rings. The predicted octanol–water partition coefficient (Wildman–Crippen LogP) is 1.76. The van der Waals surface area contributed by atoms with Crippen LogP contribution in [0.4, 0.5) is 5.13 Å². The Morgan fingerprint density at radius 2 is 2.20 bits per heavy atom. The zero-order valence-corrected chi connectivity index (χ0v) is 12.6. The molecule has 1 aliphatic rings. The summed E-state index contributed by atoms with van der Waals surface area (Å²) in [4.78, 5) is 2.23. The highest BCUT2D eigenvalue weighted by atomic mass is 32.1. The van der Waals surface area contributed by atoms with E-state index in [0.717, 1.165) is 47.6 Å². The van der Waals surface area contributed by atoms with Crippen molar-refractivity contribution in [2.75, 3.05) is 11.4 Å². The first-order chi connectivity index (χ1) is 9.71. The molecule has 6 nitrogen and oxygen atoms in total. The summed E-state index contributed by atoms with van der Waals surface area (Å²) in [5.74, 6) is 0. The number of hydrogen-bond acceptors (Lipinski definition) is 6. The molecular formula is C13H19N5OS. The number of aliphatic hydroxyl groups excluding tert-OH is 1. The van der Waals surface area contributed by atoms with Crippen LogP contribution in [0.1, 0.15) is 42.8 Å². The fraction of sp³-hybridized carbons (Fsp3) is 0.615. The number of aromatic nitrogens is 4. The first-order valence-corrected chi connectivity index (χ1v) is 7.85. The van der Waals surface area contributed by atoms with Gasteiger partial charge in [0.15, 0.2) is 0 Å². The number of aryl methyl sites for hydroxylation is 1. The van der Waals surface area contributed by atoms with Gasteiger partial charge in [-0.3, -0.25) is 4.68 Å². The van der Waals surface area contributed by atoms with Crippen LogP contribution in [0.2, 0.25) is 0 Å². The van der Waals surface area contributed by atoms with Gasteiger partial charge in [0.1, 0.15) is 5.01 Å². The maximum absolute atomic E-state index is 9.89. The highest BCUT2D eigenvalue weighted by Crippen LogP contribution is 2.26. The molecule has 3 rings (SSSR count). The SMILES string of the molecule is CCc1nnc(N2CCn3nc([C@H](O)CC)cc3C2)s1. The van der Waals surface area contributed by atoms with E-state index in [1.165, 1.54) is 0 Å². The Morgan fingerprint density at radius 3 is 2.90 bits per heavy atom. The van der Waals surface area contributed by atoms with Gasteiger partial charge in [-0.05, 0) is 18.9 Å². The van der Waals surface area contributed by atoms with Crippen molar-refractivity contribution < 1.29 is 5.11 Å². The van der Waals surface area contributed by atoms with Crippen molar-refractivity contribution in [1.29, 1.82) is 0 Å². The summed E-state index contributed by atoms with van der Waals surface area (Å²) < 4.78 is 1.99. The van der Waals surface area contributed by atoms with Crippen molar-refractivity contribution in [3.8, 4) is 0 Å². The second-order valence-electron chi connectivity index (χ2n) is 4.96. The Balaban J connectivity index is 1.79. The van der Waals surface area contributed by atoms with Gasteiger partial charge in [-0.15, -0.1) is 10.2 Å². The van der Waals surface area contributed by atoms with E-state index in [1.807, 2.05) is 17.7 Å². The Bertz CT molecular complexity index is 593. The van der Waals surface area contributed by atoms with E-state index in [0.29, 0.717) is 6.42 Å². The maximum atomic E-state index is 9.89. The van der Waals surface area contributed by atoms with Crippen LogP contribution in [-0.4, -0.2) is 31.6 Å². The molecule has 0 radical (unpaired) electrons. The fourth-order valence-electron chi connectivity index (χ4n) is 2.34. The maximum Gasteiger partial charge on any atom is 0.208 e. The minimum Gasteiger partial charge on any atom is -0.387 e. The lowest BCUT2D eigenvalue weighted by Crippen LogP contribution is -2.33. The summed E-state index contributed by atoms with van der Waals surface area (Å²) in [5, 5.41) is 24.8. The standard InChI is InChI=1S/C13H19N5OS/c1-3-11(19)10-7-9-8-17(5-6-18(9)16-10)13-15-14-12(4-2)20-13/h7,11,19H,3-6,8H2,1-2H3/t11-/m1/s1. The monoisotopic (exact) mass is 293 g/mol. The largest absolute Gasteiger partial charge is 0.387 e. The summed E-state index contributed by atoms with van der Waals surface area (Å²) in [6.07, 6.45) is 1.15. The molecule has 0 unspecified atom stereocenters. The van der Waals surface area contributed by atoms with Crippen LogP contribution < -0.4 is 4.90 Å². The molecular weight excluding hydrogens is 274 g/mol. The molecule has 0 aromatic carbocycles.